The molecule has 0 saturated carbocycles. The van der Waals surface area contributed by atoms with E-state index in [9.17, 15) is 9.59 Å². The van der Waals surface area contributed by atoms with E-state index in [0.29, 0.717) is 42.5 Å². The van der Waals surface area contributed by atoms with E-state index in [1.807, 2.05) is 51.1 Å². The lowest BCUT2D eigenvalue weighted by Gasteiger charge is -2.24. The van der Waals surface area contributed by atoms with Crippen molar-refractivity contribution >= 4 is 12.0 Å². The Hall–Kier alpha value is -3.81. The van der Waals surface area contributed by atoms with Crippen molar-refractivity contribution in [2.75, 3.05) is 13.1 Å². The van der Waals surface area contributed by atoms with E-state index in [-0.39, 0.29) is 17.7 Å². The predicted molar refractivity (Wildman–Crippen MR) is 122 cm³/mol. The Morgan fingerprint density at radius 2 is 1.73 bits per heavy atom. The second kappa shape index (κ2) is 8.97. The van der Waals surface area contributed by atoms with Crippen LogP contribution in [0.15, 0.2) is 59.0 Å². The van der Waals surface area contributed by atoms with Crippen molar-refractivity contribution in [1.82, 2.24) is 9.88 Å². The number of ether oxygens (including phenoxy) is 2. The lowest BCUT2D eigenvalue weighted by molar-refractivity contribution is 0.0291. The number of para-hydroxylation sites is 1. The first-order chi connectivity index (χ1) is 15.7. The molecule has 2 heterocycles. The van der Waals surface area contributed by atoms with Crippen molar-refractivity contribution in [2.45, 2.75) is 38.7 Å². The van der Waals surface area contributed by atoms with Crippen molar-refractivity contribution in [2.24, 2.45) is 5.73 Å². The van der Waals surface area contributed by atoms with Gasteiger partial charge in [-0.3, -0.25) is 4.79 Å². The lowest BCUT2D eigenvalue weighted by Crippen LogP contribution is -2.35. The highest BCUT2D eigenvalue weighted by molar-refractivity contribution is 5.96. The first-order valence-corrected chi connectivity index (χ1v) is 10.8. The molecule has 33 heavy (non-hydrogen) atoms. The minimum Gasteiger partial charge on any atom is -0.457 e. The van der Waals surface area contributed by atoms with Crippen molar-refractivity contribution in [3.8, 4) is 22.8 Å². The van der Waals surface area contributed by atoms with Crippen LogP contribution in [-0.4, -0.2) is 40.6 Å². The molecular formula is C25H27N3O5. The van der Waals surface area contributed by atoms with Crippen LogP contribution in [0, 0.1) is 0 Å². The van der Waals surface area contributed by atoms with Crippen LogP contribution in [0.2, 0.25) is 0 Å². The minimum atomic E-state index is -0.674. The number of aromatic nitrogens is 1. The first-order valence-electron chi connectivity index (χ1n) is 10.8. The number of rotatable bonds is 5. The fourth-order valence-corrected chi connectivity index (χ4v) is 3.63. The summed E-state index contributed by atoms with van der Waals surface area (Å²) in [6.45, 7) is 6.40. The summed E-state index contributed by atoms with van der Waals surface area (Å²) in [7, 11) is 0. The summed E-state index contributed by atoms with van der Waals surface area (Å²) in [5, 5.41) is 0. The quantitative estimate of drug-likeness (QED) is 0.590. The molecule has 1 aliphatic heterocycles. The van der Waals surface area contributed by atoms with E-state index in [4.69, 9.17) is 19.6 Å². The fraction of sp³-hybridized carbons (Fsp3) is 0.320. The highest BCUT2D eigenvalue weighted by Crippen LogP contribution is 2.34. The van der Waals surface area contributed by atoms with Crippen molar-refractivity contribution in [3.05, 3.63) is 66.2 Å². The number of nitrogens with two attached hydrogens (primary N) is 1. The standard InChI is InChI=1S/C25H27N3O5/c1-25(2,3)33-24(30)28-14-13-17(15-28)23-27-20(22(26)29)21(32-23)16-9-11-19(12-10-16)31-18-7-5-4-6-8-18/h4-12,17H,13-15H2,1-3H3,(H2,26,29). The molecule has 1 fully saturated rings. The summed E-state index contributed by atoms with van der Waals surface area (Å²) in [5.41, 5.74) is 5.73. The summed E-state index contributed by atoms with van der Waals surface area (Å²) >= 11 is 0. The van der Waals surface area contributed by atoms with Gasteiger partial charge in [0.1, 0.15) is 17.1 Å². The molecule has 172 valence electrons. The van der Waals surface area contributed by atoms with Gasteiger partial charge < -0.3 is 24.5 Å². The molecule has 1 unspecified atom stereocenters. The highest BCUT2D eigenvalue weighted by atomic mass is 16.6. The number of carbonyl (C=O) groups is 2. The second-order valence-corrected chi connectivity index (χ2v) is 8.95. The van der Waals surface area contributed by atoms with Gasteiger partial charge in [-0.25, -0.2) is 9.78 Å². The van der Waals surface area contributed by atoms with Crippen LogP contribution >= 0.6 is 0 Å². The van der Waals surface area contributed by atoms with Gasteiger partial charge in [0.2, 0.25) is 5.89 Å². The Labute approximate surface area is 192 Å². The van der Waals surface area contributed by atoms with E-state index >= 15 is 0 Å². The van der Waals surface area contributed by atoms with E-state index in [2.05, 4.69) is 4.98 Å². The molecule has 0 radical (unpaired) electrons. The van der Waals surface area contributed by atoms with Gasteiger partial charge in [0.15, 0.2) is 11.5 Å². The highest BCUT2D eigenvalue weighted by Gasteiger charge is 2.34. The van der Waals surface area contributed by atoms with Crippen LogP contribution in [0.25, 0.3) is 11.3 Å². The zero-order valence-electron chi connectivity index (χ0n) is 18.9. The van der Waals surface area contributed by atoms with Gasteiger partial charge in [-0.1, -0.05) is 18.2 Å². The Bertz CT molecular complexity index is 1130. The Morgan fingerprint density at radius 1 is 1.06 bits per heavy atom. The van der Waals surface area contributed by atoms with Crippen LogP contribution in [-0.2, 0) is 4.74 Å². The molecule has 0 aliphatic carbocycles. The third kappa shape index (κ3) is 5.34. The van der Waals surface area contributed by atoms with Gasteiger partial charge in [-0.2, -0.15) is 0 Å². The summed E-state index contributed by atoms with van der Waals surface area (Å²) in [6, 6.07) is 16.6. The van der Waals surface area contributed by atoms with Gasteiger partial charge in [0.05, 0.1) is 5.92 Å². The molecule has 1 atom stereocenters. The number of carbonyl (C=O) groups excluding carboxylic acids is 2. The molecule has 8 heteroatoms. The molecule has 2 aromatic carbocycles. The smallest absolute Gasteiger partial charge is 0.410 e. The van der Waals surface area contributed by atoms with E-state index in [1.165, 1.54) is 0 Å². The van der Waals surface area contributed by atoms with Crippen LogP contribution in [0.5, 0.6) is 11.5 Å². The maximum absolute atomic E-state index is 12.4. The number of amides is 2. The topological polar surface area (TPSA) is 108 Å². The zero-order valence-corrected chi connectivity index (χ0v) is 18.9. The summed E-state index contributed by atoms with van der Waals surface area (Å²) in [4.78, 5) is 30.4. The number of likely N-dealkylation sites (tertiary alicyclic amines) is 1. The molecule has 2 N–H and O–H groups in total. The van der Waals surface area contributed by atoms with Crippen LogP contribution in [0.4, 0.5) is 4.79 Å². The van der Waals surface area contributed by atoms with E-state index in [0.717, 1.165) is 5.75 Å². The predicted octanol–water partition coefficient (Wildman–Crippen LogP) is 4.96. The van der Waals surface area contributed by atoms with E-state index in [1.54, 1.807) is 29.2 Å². The van der Waals surface area contributed by atoms with Crippen molar-refractivity contribution in [1.29, 1.82) is 0 Å². The Kier molecular flexibility index (Phi) is 6.09. The average Bonchev–Trinajstić information content (AvgIpc) is 3.42. The van der Waals surface area contributed by atoms with Crippen molar-refractivity contribution < 1.29 is 23.5 Å². The van der Waals surface area contributed by atoms with Gasteiger partial charge >= 0.3 is 6.09 Å². The van der Waals surface area contributed by atoms with Crippen molar-refractivity contribution in [3.63, 3.8) is 0 Å². The Morgan fingerprint density at radius 3 is 2.36 bits per heavy atom. The lowest BCUT2D eigenvalue weighted by atomic mass is 10.1. The molecule has 0 bridgehead atoms. The molecule has 3 aromatic rings. The SMILES string of the molecule is CC(C)(C)OC(=O)N1CCC(c2nc(C(N)=O)c(-c3ccc(Oc4ccccc4)cc3)o2)C1. The van der Waals surface area contributed by atoms with E-state index < -0.39 is 11.5 Å². The van der Waals surface area contributed by atoms with Gasteiger partial charge in [-0.05, 0) is 63.6 Å². The molecule has 4 rings (SSSR count). The number of hydrogen-bond donors (Lipinski definition) is 1. The maximum Gasteiger partial charge on any atom is 0.410 e. The average molecular weight is 450 g/mol. The van der Waals surface area contributed by atoms with Gasteiger partial charge in [0, 0.05) is 18.7 Å². The normalized spacial score (nSPS) is 16.0. The largest absolute Gasteiger partial charge is 0.457 e. The second-order valence-electron chi connectivity index (χ2n) is 8.95. The van der Waals surface area contributed by atoms with Crippen LogP contribution in [0.3, 0.4) is 0 Å². The maximum atomic E-state index is 12.4. The van der Waals surface area contributed by atoms with Gasteiger partial charge in [-0.15, -0.1) is 0 Å². The zero-order chi connectivity index (χ0) is 23.6. The van der Waals surface area contributed by atoms with Crippen LogP contribution < -0.4 is 10.5 Å². The molecule has 2 amide bonds. The summed E-state index contributed by atoms with van der Waals surface area (Å²) < 4.78 is 17.3. The third-order valence-corrected chi connectivity index (χ3v) is 5.16. The number of hydrogen-bond acceptors (Lipinski definition) is 6. The first kappa shape index (κ1) is 22.4. The molecule has 1 saturated heterocycles. The van der Waals surface area contributed by atoms with Crippen LogP contribution in [0.1, 0.15) is 49.5 Å². The molecule has 1 aliphatic rings. The summed E-state index contributed by atoms with van der Waals surface area (Å²) in [6.07, 6.45) is 0.280. The number of benzene rings is 2. The monoisotopic (exact) mass is 449 g/mol. The number of nitrogens with zero attached hydrogens (tertiary/aromatic N) is 2. The minimum absolute atomic E-state index is 0.0671. The molecule has 0 spiro atoms. The fourth-order valence-electron chi connectivity index (χ4n) is 3.63. The number of oxazole rings is 1. The third-order valence-electron chi connectivity index (χ3n) is 5.16. The summed E-state index contributed by atoms with van der Waals surface area (Å²) in [5.74, 6) is 1.24. The Balaban J connectivity index is 1.52. The molecular weight excluding hydrogens is 422 g/mol. The molecule has 8 nitrogen and oxygen atoms in total. The molecule has 1 aromatic heterocycles. The number of primary amides is 1. The van der Waals surface area contributed by atoms with Gasteiger partial charge in [0.25, 0.3) is 5.91 Å².